The molecule has 0 atom stereocenters. The highest BCUT2D eigenvalue weighted by molar-refractivity contribution is 7.16. The number of amides is 2. The van der Waals surface area contributed by atoms with Gasteiger partial charge in [0.15, 0.2) is 0 Å². The molecule has 0 aliphatic carbocycles. The first-order valence-corrected chi connectivity index (χ1v) is 9.94. The van der Waals surface area contributed by atoms with Crippen molar-refractivity contribution < 1.29 is 9.59 Å². The van der Waals surface area contributed by atoms with Crippen molar-refractivity contribution in [3.05, 3.63) is 56.4 Å². The van der Waals surface area contributed by atoms with Crippen LogP contribution in [-0.4, -0.2) is 33.0 Å². The lowest BCUT2D eigenvalue weighted by molar-refractivity contribution is 0.0742. The number of aryl methyl sites for hydroxylation is 1. The van der Waals surface area contributed by atoms with Gasteiger partial charge < -0.3 is 10.2 Å². The summed E-state index contributed by atoms with van der Waals surface area (Å²) in [5, 5.41) is 18.8. The van der Waals surface area contributed by atoms with Crippen LogP contribution in [-0.2, 0) is 20.0 Å². The van der Waals surface area contributed by atoms with Crippen molar-refractivity contribution in [2.75, 3.05) is 11.9 Å². The average molecular weight is 397 g/mol. The van der Waals surface area contributed by atoms with Crippen molar-refractivity contribution in [2.45, 2.75) is 13.0 Å². The van der Waals surface area contributed by atoms with Gasteiger partial charge in [-0.05, 0) is 23.4 Å². The maximum atomic E-state index is 12.6. The van der Waals surface area contributed by atoms with Gasteiger partial charge in [0, 0.05) is 24.7 Å². The summed E-state index contributed by atoms with van der Waals surface area (Å²) >= 11 is 2.78. The third-order valence-electron chi connectivity index (χ3n) is 4.38. The zero-order valence-corrected chi connectivity index (χ0v) is 16.1. The topological polar surface area (TPSA) is 91.0 Å². The molecule has 3 aromatic heterocycles. The second kappa shape index (κ2) is 6.98. The van der Waals surface area contributed by atoms with Gasteiger partial charge in [0.25, 0.3) is 11.8 Å². The lowest BCUT2D eigenvalue weighted by atomic mass is 10.0. The Kier molecular flexibility index (Phi) is 4.51. The first kappa shape index (κ1) is 17.5. The Bertz CT molecular complexity index is 1060. The van der Waals surface area contributed by atoms with E-state index in [-0.39, 0.29) is 11.8 Å². The minimum atomic E-state index is -0.301. The normalized spacial score (nSPS) is 13.1. The molecule has 0 unspecified atom stereocenters. The number of carbonyl (C=O) groups is 2. The number of nitrogens with one attached hydrogen (secondary N) is 1. The molecule has 1 N–H and O–H groups in total. The molecule has 27 heavy (non-hydrogen) atoms. The standard InChI is InChI=1S/C18H15N5O2S2/c1-22-9-11(8-20-22)16(24)21-17-13(7-19)12-4-5-23(10-15(12)27-17)18(25)14-3-2-6-26-14/h2-3,6,8-9H,4-5,10H2,1H3,(H,21,24). The minimum absolute atomic E-state index is 0.00324. The molecule has 0 aromatic carbocycles. The van der Waals surface area contributed by atoms with Gasteiger partial charge in [-0.15, -0.1) is 22.7 Å². The molecule has 1 aliphatic heterocycles. The van der Waals surface area contributed by atoms with Gasteiger partial charge >= 0.3 is 0 Å². The van der Waals surface area contributed by atoms with Gasteiger partial charge in [-0.25, -0.2) is 0 Å². The zero-order chi connectivity index (χ0) is 19.0. The van der Waals surface area contributed by atoms with Gasteiger partial charge in [0.1, 0.15) is 11.1 Å². The van der Waals surface area contributed by atoms with Crippen molar-refractivity contribution in [2.24, 2.45) is 7.05 Å². The third-order valence-corrected chi connectivity index (χ3v) is 6.37. The van der Waals surface area contributed by atoms with Crippen molar-refractivity contribution >= 4 is 39.5 Å². The van der Waals surface area contributed by atoms with Crippen molar-refractivity contribution in [3.8, 4) is 6.07 Å². The summed E-state index contributed by atoms with van der Waals surface area (Å²) in [5.74, 6) is -0.298. The van der Waals surface area contributed by atoms with Gasteiger partial charge in [-0.1, -0.05) is 6.07 Å². The number of carbonyl (C=O) groups excluding carboxylic acids is 2. The van der Waals surface area contributed by atoms with Crippen LogP contribution >= 0.6 is 22.7 Å². The summed E-state index contributed by atoms with van der Waals surface area (Å²) in [7, 11) is 1.74. The van der Waals surface area contributed by atoms with E-state index in [1.165, 1.54) is 28.9 Å². The molecule has 0 bridgehead atoms. The summed E-state index contributed by atoms with van der Waals surface area (Å²) in [6, 6.07) is 5.89. The molecule has 2 amide bonds. The third kappa shape index (κ3) is 3.25. The molecule has 136 valence electrons. The van der Waals surface area contributed by atoms with E-state index in [1.807, 2.05) is 17.5 Å². The molecule has 9 heteroatoms. The molecule has 0 radical (unpaired) electrons. The molecular formula is C18H15N5O2S2. The van der Waals surface area contributed by atoms with E-state index in [2.05, 4.69) is 16.5 Å². The Hall–Kier alpha value is -2.96. The molecule has 0 spiro atoms. The molecule has 1 aliphatic rings. The van der Waals surface area contributed by atoms with Crippen LogP contribution < -0.4 is 5.32 Å². The Balaban J connectivity index is 1.57. The maximum Gasteiger partial charge on any atom is 0.264 e. The molecule has 4 rings (SSSR count). The average Bonchev–Trinajstić information content (AvgIpc) is 3.39. The van der Waals surface area contributed by atoms with E-state index in [0.29, 0.717) is 40.5 Å². The predicted molar refractivity (Wildman–Crippen MR) is 103 cm³/mol. The van der Waals surface area contributed by atoms with Gasteiger partial charge in [0.05, 0.1) is 28.7 Å². The summed E-state index contributed by atoms with van der Waals surface area (Å²) in [6.45, 7) is 1.01. The Morgan fingerprint density at radius 2 is 2.26 bits per heavy atom. The second-order valence-corrected chi connectivity index (χ2v) is 8.18. The predicted octanol–water partition coefficient (Wildman–Crippen LogP) is 2.87. The molecule has 7 nitrogen and oxygen atoms in total. The first-order chi connectivity index (χ1) is 13.1. The number of rotatable bonds is 3. The summed E-state index contributed by atoms with van der Waals surface area (Å²) in [4.78, 5) is 28.4. The van der Waals surface area contributed by atoms with E-state index >= 15 is 0 Å². The lowest BCUT2D eigenvalue weighted by Gasteiger charge is -2.26. The Morgan fingerprint density at radius 1 is 1.41 bits per heavy atom. The van der Waals surface area contributed by atoms with E-state index in [9.17, 15) is 14.9 Å². The van der Waals surface area contributed by atoms with Crippen molar-refractivity contribution in [1.82, 2.24) is 14.7 Å². The van der Waals surface area contributed by atoms with Gasteiger partial charge in [-0.3, -0.25) is 14.3 Å². The number of anilines is 1. The quantitative estimate of drug-likeness (QED) is 0.736. The van der Waals surface area contributed by atoms with Crippen LogP contribution in [0.25, 0.3) is 0 Å². The highest BCUT2D eigenvalue weighted by Gasteiger charge is 2.28. The second-order valence-electron chi connectivity index (χ2n) is 6.13. The number of hydrogen-bond acceptors (Lipinski definition) is 6. The monoisotopic (exact) mass is 397 g/mol. The largest absolute Gasteiger partial charge is 0.332 e. The van der Waals surface area contributed by atoms with Crippen LogP contribution in [0.3, 0.4) is 0 Å². The van der Waals surface area contributed by atoms with Crippen LogP contribution in [0.5, 0.6) is 0 Å². The summed E-state index contributed by atoms with van der Waals surface area (Å²) in [6.07, 6.45) is 3.71. The van der Waals surface area contributed by atoms with E-state index in [1.54, 1.807) is 22.8 Å². The molecule has 0 saturated carbocycles. The number of hydrogen-bond donors (Lipinski definition) is 1. The minimum Gasteiger partial charge on any atom is -0.332 e. The fourth-order valence-electron chi connectivity index (χ4n) is 3.05. The van der Waals surface area contributed by atoms with Crippen LogP contribution in [0.4, 0.5) is 5.00 Å². The molecule has 3 aromatic rings. The molecule has 0 fully saturated rings. The Labute approximate surface area is 163 Å². The van der Waals surface area contributed by atoms with E-state index in [4.69, 9.17) is 0 Å². The van der Waals surface area contributed by atoms with Crippen molar-refractivity contribution in [3.63, 3.8) is 0 Å². The lowest BCUT2D eigenvalue weighted by Crippen LogP contribution is -2.35. The first-order valence-electron chi connectivity index (χ1n) is 8.24. The zero-order valence-electron chi connectivity index (χ0n) is 14.4. The number of nitriles is 1. The van der Waals surface area contributed by atoms with Crippen molar-refractivity contribution in [1.29, 1.82) is 5.26 Å². The smallest absolute Gasteiger partial charge is 0.264 e. The fourth-order valence-corrected chi connectivity index (χ4v) is 4.95. The SMILES string of the molecule is Cn1cc(C(=O)Nc2sc3c(c2C#N)CCN(C(=O)c2cccs2)C3)cn1. The molecule has 0 saturated heterocycles. The highest BCUT2D eigenvalue weighted by atomic mass is 32.1. The van der Waals surface area contributed by atoms with E-state index in [0.717, 1.165) is 10.4 Å². The van der Waals surface area contributed by atoms with Crippen LogP contribution in [0, 0.1) is 11.3 Å². The van der Waals surface area contributed by atoms with Crippen LogP contribution in [0.1, 0.15) is 36.0 Å². The molecular weight excluding hydrogens is 382 g/mol. The number of fused-ring (bicyclic) bond motifs is 1. The Morgan fingerprint density at radius 3 is 2.93 bits per heavy atom. The summed E-state index contributed by atoms with van der Waals surface area (Å²) in [5.41, 5.74) is 1.86. The summed E-state index contributed by atoms with van der Waals surface area (Å²) < 4.78 is 1.55. The number of nitrogens with zero attached hydrogens (tertiary/aromatic N) is 4. The van der Waals surface area contributed by atoms with Crippen LogP contribution in [0.2, 0.25) is 0 Å². The van der Waals surface area contributed by atoms with Crippen LogP contribution in [0.15, 0.2) is 29.9 Å². The number of aromatic nitrogens is 2. The van der Waals surface area contributed by atoms with E-state index < -0.39 is 0 Å². The maximum absolute atomic E-state index is 12.6. The number of thiophene rings is 2. The van der Waals surface area contributed by atoms with Gasteiger partial charge in [-0.2, -0.15) is 10.4 Å². The fraction of sp³-hybridized carbons (Fsp3) is 0.222. The molecule has 4 heterocycles. The highest BCUT2D eigenvalue weighted by Crippen LogP contribution is 2.37. The van der Waals surface area contributed by atoms with Gasteiger partial charge in [0.2, 0.25) is 0 Å².